The van der Waals surface area contributed by atoms with Gasteiger partial charge in [-0.2, -0.15) is 13.2 Å². The Labute approximate surface area is 113 Å². The summed E-state index contributed by atoms with van der Waals surface area (Å²) in [7, 11) is 0. The average Bonchev–Trinajstić information content (AvgIpc) is 2.63. The van der Waals surface area contributed by atoms with E-state index in [2.05, 4.69) is 0 Å². The first-order valence-electron chi connectivity index (χ1n) is 5.98. The van der Waals surface area contributed by atoms with Crippen molar-refractivity contribution in [3.8, 4) is 11.5 Å². The van der Waals surface area contributed by atoms with Crippen LogP contribution in [0.4, 0.5) is 13.2 Å². The van der Waals surface area contributed by atoms with E-state index in [1.54, 1.807) is 6.92 Å². The summed E-state index contributed by atoms with van der Waals surface area (Å²) in [6.45, 7) is 3.25. The predicted molar refractivity (Wildman–Crippen MR) is 62.7 cm³/mol. The molecule has 1 aliphatic rings. The molecule has 0 amide bonds. The summed E-state index contributed by atoms with van der Waals surface area (Å²) >= 11 is 0. The molecule has 4 nitrogen and oxygen atoms in total. The van der Waals surface area contributed by atoms with Gasteiger partial charge in [-0.15, -0.1) is 0 Å². The fourth-order valence-electron chi connectivity index (χ4n) is 1.94. The van der Waals surface area contributed by atoms with Gasteiger partial charge in [-0.25, -0.2) is 0 Å². The zero-order chi connectivity index (χ0) is 15.1. The van der Waals surface area contributed by atoms with Gasteiger partial charge in [0.2, 0.25) is 5.79 Å². The minimum absolute atomic E-state index is 0.0209. The van der Waals surface area contributed by atoms with Crippen molar-refractivity contribution < 1.29 is 32.5 Å². The van der Waals surface area contributed by atoms with E-state index < -0.39 is 29.9 Å². The number of carbonyl (C=O) groups is 1. The highest BCUT2D eigenvalue weighted by Gasteiger charge is 2.44. The van der Waals surface area contributed by atoms with E-state index in [1.165, 1.54) is 13.0 Å². The Morgan fingerprint density at radius 3 is 2.50 bits per heavy atom. The lowest BCUT2D eigenvalue weighted by atomic mass is 10.1. The molecule has 1 aromatic carbocycles. The number of carboxylic acids is 1. The molecule has 0 saturated heterocycles. The van der Waals surface area contributed by atoms with Crippen molar-refractivity contribution in [1.82, 2.24) is 0 Å². The van der Waals surface area contributed by atoms with E-state index in [4.69, 9.17) is 14.6 Å². The smallest absolute Gasteiger partial charge is 0.420 e. The number of carboxylic acid groups (broad SMARTS) is 1. The van der Waals surface area contributed by atoms with Gasteiger partial charge in [-0.05, 0) is 17.7 Å². The SMILES string of the molecule is CCC1(C)Oc2cc(CC(=O)O)cc(C(F)(F)F)c2O1. The number of alkyl halides is 3. The first kappa shape index (κ1) is 14.5. The second-order valence-corrected chi connectivity index (χ2v) is 4.73. The topological polar surface area (TPSA) is 55.8 Å². The molecule has 0 spiro atoms. The quantitative estimate of drug-likeness (QED) is 0.928. The highest BCUT2D eigenvalue weighted by atomic mass is 19.4. The summed E-state index contributed by atoms with van der Waals surface area (Å²) in [5, 5.41) is 8.70. The van der Waals surface area contributed by atoms with Gasteiger partial charge < -0.3 is 14.6 Å². The first-order chi connectivity index (χ1) is 9.14. The maximum atomic E-state index is 13.0. The molecule has 0 saturated carbocycles. The number of fused-ring (bicyclic) bond motifs is 1. The monoisotopic (exact) mass is 290 g/mol. The van der Waals surface area contributed by atoms with E-state index in [1.807, 2.05) is 0 Å². The summed E-state index contributed by atoms with van der Waals surface area (Å²) in [6.07, 6.45) is -4.79. The number of benzene rings is 1. The molecule has 0 aromatic heterocycles. The number of hydrogen-bond acceptors (Lipinski definition) is 3. The van der Waals surface area contributed by atoms with Gasteiger partial charge in [0.15, 0.2) is 11.5 Å². The fourth-order valence-corrected chi connectivity index (χ4v) is 1.94. The third-order valence-corrected chi connectivity index (χ3v) is 3.06. The molecule has 20 heavy (non-hydrogen) atoms. The van der Waals surface area contributed by atoms with Crippen LogP contribution in [0, 0.1) is 0 Å². The summed E-state index contributed by atoms with van der Waals surface area (Å²) < 4.78 is 49.8. The number of ether oxygens (including phenoxy) is 2. The standard InChI is InChI=1S/C13H13F3O4/c1-3-12(2)19-9-5-7(6-10(17)18)4-8(11(9)20-12)13(14,15)16/h4-5H,3,6H2,1-2H3,(H,17,18). The van der Waals surface area contributed by atoms with Gasteiger partial charge in [0.1, 0.15) is 5.56 Å². The third kappa shape index (κ3) is 2.66. The normalized spacial score (nSPS) is 21.1. The van der Waals surface area contributed by atoms with E-state index in [0.717, 1.165) is 6.07 Å². The molecule has 0 radical (unpaired) electrons. The van der Waals surface area contributed by atoms with Gasteiger partial charge in [-0.3, -0.25) is 4.79 Å². The molecule has 0 aliphatic carbocycles. The molecule has 1 N–H and O–H groups in total. The zero-order valence-electron chi connectivity index (χ0n) is 10.9. The van der Waals surface area contributed by atoms with Crippen molar-refractivity contribution >= 4 is 5.97 Å². The molecular weight excluding hydrogens is 277 g/mol. The second-order valence-electron chi connectivity index (χ2n) is 4.73. The van der Waals surface area contributed by atoms with Crippen LogP contribution in [0.15, 0.2) is 12.1 Å². The lowest BCUT2D eigenvalue weighted by molar-refractivity contribution is -0.141. The van der Waals surface area contributed by atoms with Crippen molar-refractivity contribution in [1.29, 1.82) is 0 Å². The Morgan fingerprint density at radius 2 is 2.00 bits per heavy atom. The highest BCUT2D eigenvalue weighted by molar-refractivity contribution is 5.71. The molecular formula is C13H13F3O4. The van der Waals surface area contributed by atoms with Gasteiger partial charge in [0.05, 0.1) is 6.42 Å². The largest absolute Gasteiger partial charge is 0.481 e. The summed E-state index contributed by atoms with van der Waals surface area (Å²) in [4.78, 5) is 10.7. The lowest BCUT2D eigenvalue weighted by Gasteiger charge is -2.21. The third-order valence-electron chi connectivity index (χ3n) is 3.06. The average molecular weight is 290 g/mol. The van der Waals surface area contributed by atoms with E-state index >= 15 is 0 Å². The Balaban J connectivity index is 2.52. The minimum atomic E-state index is -4.64. The molecule has 7 heteroatoms. The Bertz CT molecular complexity index is 553. The van der Waals surface area contributed by atoms with Crippen LogP contribution in [0.2, 0.25) is 0 Å². The summed E-state index contributed by atoms with van der Waals surface area (Å²) in [5.41, 5.74) is -0.990. The van der Waals surface area contributed by atoms with Gasteiger partial charge in [0.25, 0.3) is 0 Å². The molecule has 110 valence electrons. The zero-order valence-corrected chi connectivity index (χ0v) is 10.9. The summed E-state index contributed by atoms with van der Waals surface area (Å²) in [5.74, 6) is -2.82. The second kappa shape index (κ2) is 4.57. The molecule has 1 atom stereocenters. The number of hydrogen-bond donors (Lipinski definition) is 1. The number of halogens is 3. The van der Waals surface area contributed by atoms with Crippen LogP contribution in [0.3, 0.4) is 0 Å². The molecule has 0 fully saturated rings. The van der Waals surface area contributed by atoms with Crippen LogP contribution in [0.1, 0.15) is 31.4 Å². The Kier molecular flexibility index (Phi) is 3.31. The van der Waals surface area contributed by atoms with Crippen LogP contribution in [-0.2, 0) is 17.4 Å². The predicted octanol–water partition coefficient (Wildman–Crippen LogP) is 3.23. The van der Waals surface area contributed by atoms with Crippen molar-refractivity contribution in [2.75, 3.05) is 0 Å². The minimum Gasteiger partial charge on any atom is -0.481 e. The summed E-state index contributed by atoms with van der Waals surface area (Å²) in [6, 6.07) is 2.07. The highest BCUT2D eigenvalue weighted by Crippen LogP contribution is 2.49. The lowest BCUT2D eigenvalue weighted by Crippen LogP contribution is -2.33. The van der Waals surface area contributed by atoms with Gasteiger partial charge in [-0.1, -0.05) is 6.92 Å². The van der Waals surface area contributed by atoms with Crippen LogP contribution < -0.4 is 9.47 Å². The maximum absolute atomic E-state index is 13.0. The van der Waals surface area contributed by atoms with Crippen molar-refractivity contribution in [2.45, 2.75) is 38.7 Å². The number of aliphatic carboxylic acids is 1. The maximum Gasteiger partial charge on any atom is 0.420 e. The molecule has 2 rings (SSSR count). The fraction of sp³-hybridized carbons (Fsp3) is 0.462. The molecule has 0 bridgehead atoms. The molecule has 1 heterocycles. The number of rotatable bonds is 3. The van der Waals surface area contributed by atoms with E-state index in [-0.39, 0.29) is 17.1 Å². The van der Waals surface area contributed by atoms with Crippen LogP contribution in [0.5, 0.6) is 11.5 Å². The van der Waals surface area contributed by atoms with Gasteiger partial charge in [0, 0.05) is 13.3 Å². The molecule has 1 aromatic rings. The van der Waals surface area contributed by atoms with E-state index in [9.17, 15) is 18.0 Å². The van der Waals surface area contributed by atoms with Gasteiger partial charge >= 0.3 is 12.1 Å². The van der Waals surface area contributed by atoms with Crippen molar-refractivity contribution in [2.24, 2.45) is 0 Å². The Hall–Kier alpha value is -1.92. The van der Waals surface area contributed by atoms with Crippen LogP contribution in [-0.4, -0.2) is 16.9 Å². The molecule has 1 aliphatic heterocycles. The van der Waals surface area contributed by atoms with E-state index in [0.29, 0.717) is 6.42 Å². The molecule has 1 unspecified atom stereocenters. The van der Waals surface area contributed by atoms with Crippen LogP contribution >= 0.6 is 0 Å². The van der Waals surface area contributed by atoms with Crippen molar-refractivity contribution in [3.63, 3.8) is 0 Å². The van der Waals surface area contributed by atoms with Crippen LogP contribution in [0.25, 0.3) is 0 Å². The van der Waals surface area contributed by atoms with Crippen molar-refractivity contribution in [3.05, 3.63) is 23.3 Å². The Morgan fingerprint density at radius 1 is 1.35 bits per heavy atom. The first-order valence-corrected chi connectivity index (χ1v) is 5.98.